The summed E-state index contributed by atoms with van der Waals surface area (Å²) in [6.45, 7) is 7.42. The Bertz CT molecular complexity index is 529. The molecule has 0 radical (unpaired) electrons. The van der Waals surface area contributed by atoms with Gasteiger partial charge < -0.3 is 10.5 Å². The van der Waals surface area contributed by atoms with Gasteiger partial charge in [-0.2, -0.15) is 0 Å². The summed E-state index contributed by atoms with van der Waals surface area (Å²) in [6.07, 6.45) is 7.48. The smallest absolute Gasteiger partial charge is 0.162 e. The molecule has 1 fully saturated rings. The van der Waals surface area contributed by atoms with Crippen molar-refractivity contribution in [3.8, 4) is 0 Å². The number of nitrogen functional groups attached to an aromatic ring is 1. The van der Waals surface area contributed by atoms with Crippen LogP contribution in [0.2, 0.25) is 0 Å². The summed E-state index contributed by atoms with van der Waals surface area (Å²) in [4.78, 5) is 9.51. The first-order chi connectivity index (χ1) is 9.96. The lowest BCUT2D eigenvalue weighted by molar-refractivity contribution is -0.0948. The maximum atomic E-state index is 6.18. The Kier molecular flexibility index (Phi) is 3.68. The van der Waals surface area contributed by atoms with E-state index in [2.05, 4.69) is 25.8 Å². The number of fused-ring (bicyclic) bond motifs is 1. The highest BCUT2D eigenvalue weighted by Gasteiger charge is 2.43. The lowest BCUT2D eigenvalue weighted by Crippen LogP contribution is -2.39. The van der Waals surface area contributed by atoms with Crippen molar-refractivity contribution in [2.75, 3.05) is 12.3 Å². The molecule has 0 amide bonds. The van der Waals surface area contributed by atoms with E-state index in [0.717, 1.165) is 56.5 Å². The summed E-state index contributed by atoms with van der Waals surface area (Å²) in [5.41, 5.74) is 8.57. The van der Waals surface area contributed by atoms with E-state index >= 15 is 0 Å². The average Bonchev–Trinajstić information content (AvgIpc) is 2.91. The fourth-order valence-corrected chi connectivity index (χ4v) is 3.70. The molecule has 1 aromatic heterocycles. The van der Waals surface area contributed by atoms with E-state index < -0.39 is 0 Å². The van der Waals surface area contributed by atoms with Crippen LogP contribution in [0.15, 0.2) is 0 Å². The second-order valence-electron chi connectivity index (χ2n) is 7.30. The van der Waals surface area contributed by atoms with Crippen LogP contribution >= 0.6 is 0 Å². The van der Waals surface area contributed by atoms with Crippen molar-refractivity contribution in [1.29, 1.82) is 0 Å². The second-order valence-corrected chi connectivity index (χ2v) is 7.30. The SMILES string of the molecule is CCOC1(c2nc(N)c3c(n2)CCC3)CCC(C)(C)CC1. The molecule has 0 unspecified atom stereocenters. The zero-order valence-corrected chi connectivity index (χ0v) is 13.5. The summed E-state index contributed by atoms with van der Waals surface area (Å²) >= 11 is 0. The van der Waals surface area contributed by atoms with Crippen LogP contribution in [0.25, 0.3) is 0 Å². The number of nitrogens with zero attached hydrogens (tertiary/aromatic N) is 2. The maximum absolute atomic E-state index is 6.18. The van der Waals surface area contributed by atoms with Gasteiger partial charge in [-0.05, 0) is 57.3 Å². The summed E-state index contributed by atoms with van der Waals surface area (Å²) in [5, 5.41) is 0. The van der Waals surface area contributed by atoms with Crippen LogP contribution in [0.4, 0.5) is 5.82 Å². The highest BCUT2D eigenvalue weighted by Crippen LogP contribution is 2.47. The van der Waals surface area contributed by atoms with Gasteiger partial charge in [0.2, 0.25) is 0 Å². The summed E-state index contributed by atoms with van der Waals surface area (Å²) in [5.74, 6) is 1.51. The first-order valence-electron chi connectivity index (χ1n) is 8.25. The number of aryl methyl sites for hydroxylation is 1. The van der Waals surface area contributed by atoms with Gasteiger partial charge >= 0.3 is 0 Å². The Morgan fingerprint density at radius 1 is 1.10 bits per heavy atom. The summed E-state index contributed by atoms with van der Waals surface area (Å²) in [7, 11) is 0. The zero-order valence-electron chi connectivity index (χ0n) is 13.5. The Morgan fingerprint density at radius 3 is 2.48 bits per heavy atom. The molecule has 4 nitrogen and oxygen atoms in total. The third-order valence-corrected chi connectivity index (χ3v) is 5.20. The van der Waals surface area contributed by atoms with Crippen LogP contribution in [0.5, 0.6) is 0 Å². The van der Waals surface area contributed by atoms with E-state index in [0.29, 0.717) is 17.8 Å². The predicted octanol–water partition coefficient (Wildman–Crippen LogP) is 3.38. The van der Waals surface area contributed by atoms with Crippen LogP contribution in [-0.4, -0.2) is 16.6 Å². The molecule has 3 rings (SSSR count). The zero-order chi connectivity index (χ0) is 15.1. The molecule has 0 bridgehead atoms. The molecule has 0 atom stereocenters. The van der Waals surface area contributed by atoms with Gasteiger partial charge in [0.05, 0.1) is 0 Å². The van der Waals surface area contributed by atoms with Crippen LogP contribution in [0.3, 0.4) is 0 Å². The first kappa shape index (κ1) is 14.8. The van der Waals surface area contributed by atoms with Crippen LogP contribution < -0.4 is 5.73 Å². The minimum absolute atomic E-state index is 0.323. The highest BCUT2D eigenvalue weighted by atomic mass is 16.5. The third-order valence-electron chi connectivity index (χ3n) is 5.20. The van der Waals surface area contributed by atoms with Crippen molar-refractivity contribution in [2.45, 2.75) is 71.3 Å². The lowest BCUT2D eigenvalue weighted by atomic mass is 9.70. The molecular formula is C17H27N3O. The van der Waals surface area contributed by atoms with Gasteiger partial charge in [0.25, 0.3) is 0 Å². The monoisotopic (exact) mass is 289 g/mol. The van der Waals surface area contributed by atoms with Gasteiger partial charge in [-0.25, -0.2) is 9.97 Å². The Morgan fingerprint density at radius 2 is 1.81 bits per heavy atom. The molecule has 0 saturated heterocycles. The minimum Gasteiger partial charge on any atom is -0.383 e. The normalized spacial score (nSPS) is 23.0. The van der Waals surface area contributed by atoms with Gasteiger partial charge in [-0.3, -0.25) is 0 Å². The van der Waals surface area contributed by atoms with Gasteiger partial charge in [-0.1, -0.05) is 13.8 Å². The van der Waals surface area contributed by atoms with Crippen molar-refractivity contribution in [1.82, 2.24) is 9.97 Å². The number of hydrogen-bond donors (Lipinski definition) is 1. The minimum atomic E-state index is -0.323. The van der Waals surface area contributed by atoms with E-state index in [1.807, 2.05) is 0 Å². The van der Waals surface area contributed by atoms with Gasteiger partial charge in [-0.15, -0.1) is 0 Å². The summed E-state index contributed by atoms with van der Waals surface area (Å²) in [6, 6.07) is 0. The van der Waals surface area contributed by atoms with E-state index in [4.69, 9.17) is 15.5 Å². The van der Waals surface area contributed by atoms with E-state index in [1.165, 1.54) is 5.56 Å². The maximum Gasteiger partial charge on any atom is 0.162 e. The number of rotatable bonds is 3. The molecule has 1 saturated carbocycles. The van der Waals surface area contributed by atoms with E-state index in [1.54, 1.807) is 0 Å². The van der Waals surface area contributed by atoms with Gasteiger partial charge in [0, 0.05) is 17.9 Å². The van der Waals surface area contributed by atoms with Crippen LogP contribution in [0.1, 0.15) is 70.0 Å². The van der Waals surface area contributed by atoms with Crippen molar-refractivity contribution < 1.29 is 4.74 Å². The quantitative estimate of drug-likeness (QED) is 0.926. The van der Waals surface area contributed by atoms with Gasteiger partial charge in [0.15, 0.2) is 5.82 Å². The number of nitrogens with two attached hydrogens (primary N) is 1. The summed E-state index contributed by atoms with van der Waals surface area (Å²) < 4.78 is 6.18. The van der Waals surface area contributed by atoms with Crippen molar-refractivity contribution in [2.24, 2.45) is 5.41 Å². The Balaban J connectivity index is 1.97. The van der Waals surface area contributed by atoms with Crippen molar-refractivity contribution in [3.05, 3.63) is 17.1 Å². The molecular weight excluding hydrogens is 262 g/mol. The van der Waals surface area contributed by atoms with Crippen LogP contribution in [-0.2, 0) is 23.2 Å². The van der Waals surface area contributed by atoms with E-state index in [9.17, 15) is 0 Å². The Labute approximate surface area is 127 Å². The second kappa shape index (κ2) is 5.24. The third kappa shape index (κ3) is 2.66. The molecule has 116 valence electrons. The van der Waals surface area contributed by atoms with Crippen molar-refractivity contribution >= 4 is 5.82 Å². The van der Waals surface area contributed by atoms with Crippen molar-refractivity contribution in [3.63, 3.8) is 0 Å². The van der Waals surface area contributed by atoms with Gasteiger partial charge in [0.1, 0.15) is 11.4 Å². The number of aromatic nitrogens is 2. The number of ether oxygens (including phenoxy) is 1. The fraction of sp³-hybridized carbons (Fsp3) is 0.765. The first-order valence-corrected chi connectivity index (χ1v) is 8.25. The molecule has 0 spiro atoms. The molecule has 1 heterocycles. The molecule has 21 heavy (non-hydrogen) atoms. The topological polar surface area (TPSA) is 61.0 Å². The average molecular weight is 289 g/mol. The largest absolute Gasteiger partial charge is 0.383 e. The predicted molar refractivity (Wildman–Crippen MR) is 84.0 cm³/mol. The molecule has 2 aliphatic rings. The van der Waals surface area contributed by atoms with E-state index in [-0.39, 0.29) is 5.60 Å². The Hall–Kier alpha value is -1.16. The molecule has 0 aliphatic heterocycles. The molecule has 1 aromatic rings. The molecule has 0 aromatic carbocycles. The lowest BCUT2D eigenvalue weighted by Gasteiger charge is -2.42. The molecule has 4 heteroatoms. The standard InChI is InChI=1S/C17H27N3O/c1-4-21-17(10-8-16(2,3)9-11-17)15-19-13-7-5-6-12(13)14(18)20-15/h4-11H2,1-3H3,(H2,18,19,20). The number of hydrogen-bond acceptors (Lipinski definition) is 4. The number of anilines is 1. The molecule has 2 N–H and O–H groups in total. The highest BCUT2D eigenvalue weighted by molar-refractivity contribution is 5.45. The fourth-order valence-electron chi connectivity index (χ4n) is 3.70. The molecule has 2 aliphatic carbocycles. The van der Waals surface area contributed by atoms with Crippen LogP contribution in [0, 0.1) is 5.41 Å².